The minimum absolute atomic E-state index is 0.211. The molecule has 0 bridgehead atoms. The third-order valence-electron chi connectivity index (χ3n) is 5.39. The van der Waals surface area contributed by atoms with E-state index >= 15 is 0 Å². The van der Waals surface area contributed by atoms with Crippen LogP contribution in [0.3, 0.4) is 0 Å². The van der Waals surface area contributed by atoms with E-state index < -0.39 is 10.0 Å². The molecule has 33 heavy (non-hydrogen) atoms. The molecule has 1 aliphatic rings. The number of amides is 1. The monoisotopic (exact) mass is 499 g/mol. The van der Waals surface area contributed by atoms with Gasteiger partial charge in [-0.2, -0.15) is 4.31 Å². The smallest absolute Gasteiger partial charge is 0.274 e. The Morgan fingerprint density at radius 1 is 0.939 bits per heavy atom. The van der Waals surface area contributed by atoms with Crippen molar-refractivity contribution in [2.45, 2.75) is 4.21 Å². The molecule has 1 fully saturated rings. The van der Waals surface area contributed by atoms with Gasteiger partial charge in [-0.05, 0) is 47.9 Å². The number of thiophene rings is 1. The highest BCUT2D eigenvalue weighted by Crippen LogP contribution is 2.33. The maximum absolute atomic E-state index is 13.1. The number of pyridine rings is 1. The molecule has 0 unspecified atom stereocenters. The Balaban J connectivity index is 1.26. The zero-order valence-corrected chi connectivity index (χ0v) is 19.6. The summed E-state index contributed by atoms with van der Waals surface area (Å²) in [6, 6.07) is 15.8. The van der Waals surface area contributed by atoms with Crippen LogP contribution in [0.25, 0.3) is 21.5 Å². The Bertz CT molecular complexity index is 1420. The lowest BCUT2D eigenvalue weighted by Gasteiger charge is -2.33. The maximum atomic E-state index is 13.1. The third kappa shape index (κ3) is 4.34. The molecule has 168 valence electrons. The highest BCUT2D eigenvalue weighted by molar-refractivity contribution is 7.91. The van der Waals surface area contributed by atoms with Crippen LogP contribution in [0.5, 0.6) is 0 Å². The second kappa shape index (κ2) is 8.79. The molecule has 1 saturated heterocycles. The van der Waals surface area contributed by atoms with Gasteiger partial charge in [0.25, 0.3) is 15.9 Å². The molecule has 8 nitrogen and oxygen atoms in total. The zero-order chi connectivity index (χ0) is 23.0. The molecule has 4 aromatic rings. The van der Waals surface area contributed by atoms with Gasteiger partial charge in [-0.25, -0.2) is 8.42 Å². The number of sulfonamides is 1. The van der Waals surface area contributed by atoms with Crippen LogP contribution in [0, 0.1) is 0 Å². The first-order valence-electron chi connectivity index (χ1n) is 10.2. The van der Waals surface area contributed by atoms with Gasteiger partial charge >= 0.3 is 0 Å². The van der Waals surface area contributed by atoms with Crippen molar-refractivity contribution >= 4 is 49.0 Å². The number of carbonyl (C=O) groups excluding carboxylic acids is 1. The molecule has 0 saturated carbocycles. The summed E-state index contributed by atoms with van der Waals surface area (Å²) in [5.41, 5.74) is 1.46. The van der Waals surface area contributed by atoms with E-state index in [0.29, 0.717) is 16.4 Å². The van der Waals surface area contributed by atoms with Crippen molar-refractivity contribution in [2.75, 3.05) is 26.2 Å². The van der Waals surface area contributed by atoms with E-state index in [0.717, 1.165) is 10.1 Å². The molecular weight excluding hydrogens is 482 g/mol. The summed E-state index contributed by atoms with van der Waals surface area (Å²) >= 11 is 7.22. The van der Waals surface area contributed by atoms with Crippen LogP contribution < -0.4 is 0 Å². The van der Waals surface area contributed by atoms with Crippen LogP contribution >= 0.6 is 22.9 Å². The second-order valence-electron chi connectivity index (χ2n) is 7.46. The molecule has 3 aromatic heterocycles. The standard InChI is InChI=1S/C22H18ClN5O3S2/c23-16-5-4-15-13-21(32-20(15)14-16)33(30,31)28-11-9-27(10-12-28)22(29)19-7-6-18(25-26-19)17-3-1-2-8-24-17/h1-8,13-14H,9-12H2. The lowest BCUT2D eigenvalue weighted by molar-refractivity contribution is 0.0691. The van der Waals surface area contributed by atoms with E-state index in [-0.39, 0.29) is 42.0 Å². The fraction of sp³-hybridized carbons (Fsp3) is 0.182. The normalized spacial score (nSPS) is 15.1. The van der Waals surface area contributed by atoms with Gasteiger partial charge in [0.1, 0.15) is 9.90 Å². The summed E-state index contributed by atoms with van der Waals surface area (Å²) < 4.78 is 28.8. The second-order valence-corrected chi connectivity index (χ2v) is 11.1. The summed E-state index contributed by atoms with van der Waals surface area (Å²) in [4.78, 5) is 18.7. The number of nitrogens with zero attached hydrogens (tertiary/aromatic N) is 5. The van der Waals surface area contributed by atoms with Crippen LogP contribution in [-0.2, 0) is 10.0 Å². The molecule has 4 heterocycles. The Hall–Kier alpha value is -2.92. The molecule has 0 spiro atoms. The predicted octanol–water partition coefficient (Wildman–Crippen LogP) is 3.55. The Morgan fingerprint density at radius 3 is 2.45 bits per heavy atom. The molecule has 11 heteroatoms. The summed E-state index contributed by atoms with van der Waals surface area (Å²) in [6.45, 7) is 0.974. The highest BCUT2D eigenvalue weighted by Gasteiger charge is 2.32. The van der Waals surface area contributed by atoms with E-state index in [1.165, 1.54) is 15.6 Å². The summed E-state index contributed by atoms with van der Waals surface area (Å²) in [5.74, 6) is -0.274. The topological polar surface area (TPSA) is 96.4 Å². The fourth-order valence-corrected chi connectivity index (χ4v) is 6.88. The van der Waals surface area contributed by atoms with Crippen molar-refractivity contribution in [1.29, 1.82) is 0 Å². The number of carbonyl (C=O) groups is 1. The average Bonchev–Trinajstić information content (AvgIpc) is 3.28. The van der Waals surface area contributed by atoms with E-state index in [9.17, 15) is 13.2 Å². The van der Waals surface area contributed by atoms with E-state index in [4.69, 9.17) is 11.6 Å². The molecule has 0 atom stereocenters. The zero-order valence-electron chi connectivity index (χ0n) is 17.3. The maximum Gasteiger partial charge on any atom is 0.274 e. The minimum Gasteiger partial charge on any atom is -0.335 e. The Morgan fingerprint density at radius 2 is 1.76 bits per heavy atom. The number of piperazine rings is 1. The molecule has 1 amide bonds. The Labute approximate surface area is 199 Å². The van der Waals surface area contributed by atoms with Gasteiger partial charge in [-0.15, -0.1) is 21.5 Å². The number of hydrogen-bond acceptors (Lipinski definition) is 7. The number of fused-ring (bicyclic) bond motifs is 1. The fourth-order valence-electron chi connectivity index (χ4n) is 3.63. The third-order valence-corrected chi connectivity index (χ3v) is 9.07. The van der Waals surface area contributed by atoms with Gasteiger partial charge in [0.05, 0.1) is 5.69 Å². The number of rotatable bonds is 4. The molecule has 5 rings (SSSR count). The average molecular weight is 500 g/mol. The van der Waals surface area contributed by atoms with Crippen LogP contribution in [0.4, 0.5) is 0 Å². The number of aromatic nitrogens is 3. The van der Waals surface area contributed by atoms with Crippen molar-refractivity contribution in [3.05, 3.63) is 71.5 Å². The van der Waals surface area contributed by atoms with Crippen molar-refractivity contribution in [3.8, 4) is 11.4 Å². The summed E-state index contributed by atoms with van der Waals surface area (Å²) in [5, 5.41) is 9.57. The highest BCUT2D eigenvalue weighted by atomic mass is 35.5. The molecule has 1 aliphatic heterocycles. The first-order valence-corrected chi connectivity index (χ1v) is 12.8. The van der Waals surface area contributed by atoms with Crippen molar-refractivity contribution in [2.24, 2.45) is 0 Å². The SMILES string of the molecule is O=C(c1ccc(-c2ccccn2)nn1)N1CCN(S(=O)(=O)c2cc3ccc(Cl)cc3s2)CC1. The van der Waals surface area contributed by atoms with Gasteiger partial charge in [0.15, 0.2) is 5.69 Å². The van der Waals surface area contributed by atoms with Gasteiger partial charge in [0.2, 0.25) is 0 Å². The molecular formula is C22H18ClN5O3S2. The van der Waals surface area contributed by atoms with E-state index in [1.807, 2.05) is 24.3 Å². The largest absolute Gasteiger partial charge is 0.335 e. The van der Waals surface area contributed by atoms with E-state index in [2.05, 4.69) is 15.2 Å². The van der Waals surface area contributed by atoms with Crippen LogP contribution in [0.1, 0.15) is 10.5 Å². The quantitative estimate of drug-likeness (QED) is 0.426. The molecule has 0 N–H and O–H groups in total. The van der Waals surface area contributed by atoms with Gasteiger partial charge in [0, 0.05) is 42.1 Å². The van der Waals surface area contributed by atoms with Crippen LogP contribution in [0.2, 0.25) is 5.02 Å². The van der Waals surface area contributed by atoms with Crippen molar-refractivity contribution in [1.82, 2.24) is 24.4 Å². The Kier molecular flexibility index (Phi) is 5.83. The molecule has 1 aromatic carbocycles. The first-order chi connectivity index (χ1) is 15.9. The summed E-state index contributed by atoms with van der Waals surface area (Å²) in [7, 11) is -3.65. The van der Waals surface area contributed by atoms with Crippen molar-refractivity contribution < 1.29 is 13.2 Å². The van der Waals surface area contributed by atoms with Gasteiger partial charge in [-0.1, -0.05) is 23.7 Å². The lowest BCUT2D eigenvalue weighted by Crippen LogP contribution is -2.50. The summed E-state index contributed by atoms with van der Waals surface area (Å²) in [6.07, 6.45) is 1.66. The molecule has 0 radical (unpaired) electrons. The molecule has 0 aliphatic carbocycles. The van der Waals surface area contributed by atoms with Crippen molar-refractivity contribution in [3.63, 3.8) is 0 Å². The van der Waals surface area contributed by atoms with Crippen LogP contribution in [0.15, 0.2) is 65.0 Å². The first kappa shape index (κ1) is 21.9. The van der Waals surface area contributed by atoms with Gasteiger partial charge in [-0.3, -0.25) is 9.78 Å². The minimum atomic E-state index is -3.65. The predicted molar refractivity (Wildman–Crippen MR) is 127 cm³/mol. The number of hydrogen-bond donors (Lipinski definition) is 0. The number of benzene rings is 1. The van der Waals surface area contributed by atoms with Crippen LogP contribution in [-0.4, -0.2) is 64.9 Å². The van der Waals surface area contributed by atoms with E-state index in [1.54, 1.807) is 41.4 Å². The number of halogens is 1. The van der Waals surface area contributed by atoms with Gasteiger partial charge < -0.3 is 4.90 Å². The lowest BCUT2D eigenvalue weighted by atomic mass is 10.2.